The number of aromatic nitrogens is 2. The highest BCUT2D eigenvalue weighted by atomic mass is 16.5. The maximum absolute atomic E-state index is 12.3. The van der Waals surface area contributed by atoms with E-state index in [9.17, 15) is 9.59 Å². The molecule has 1 unspecified atom stereocenters. The number of rotatable bonds is 5. The van der Waals surface area contributed by atoms with Crippen molar-refractivity contribution in [3.05, 3.63) is 23.0 Å². The molecule has 0 aliphatic rings. The normalized spacial score (nSPS) is 12.3. The molecule has 2 aromatic rings. The van der Waals surface area contributed by atoms with E-state index in [2.05, 4.69) is 15.5 Å². The largest absolute Gasteiger partial charge is 0.480 e. The average molecular weight is 293 g/mol. The fraction of sp³-hybridized carbons (Fsp3) is 0.385. The zero-order valence-electron chi connectivity index (χ0n) is 11.8. The van der Waals surface area contributed by atoms with Crippen LogP contribution in [0.15, 0.2) is 10.6 Å². The molecule has 8 nitrogen and oxygen atoms in total. The van der Waals surface area contributed by atoms with Gasteiger partial charge in [-0.2, -0.15) is 0 Å². The van der Waals surface area contributed by atoms with E-state index >= 15 is 0 Å². The Balaban J connectivity index is 2.39. The number of pyridine rings is 1. The highest BCUT2D eigenvalue weighted by Crippen LogP contribution is 2.21. The van der Waals surface area contributed by atoms with E-state index in [0.29, 0.717) is 16.8 Å². The summed E-state index contributed by atoms with van der Waals surface area (Å²) < 4.78 is 9.82. The minimum atomic E-state index is -1.17. The molecular weight excluding hydrogens is 278 g/mol. The number of carboxylic acids is 1. The quantitative estimate of drug-likeness (QED) is 0.832. The minimum Gasteiger partial charge on any atom is -0.480 e. The Bertz CT molecular complexity index is 694. The van der Waals surface area contributed by atoms with E-state index in [1.807, 2.05) is 0 Å². The van der Waals surface area contributed by atoms with Crippen molar-refractivity contribution in [3.63, 3.8) is 0 Å². The van der Waals surface area contributed by atoms with E-state index in [-0.39, 0.29) is 17.9 Å². The predicted octanol–water partition coefficient (Wildman–Crippen LogP) is 0.669. The molecule has 0 saturated heterocycles. The van der Waals surface area contributed by atoms with E-state index in [4.69, 9.17) is 14.4 Å². The lowest BCUT2D eigenvalue weighted by atomic mass is 10.1. The van der Waals surface area contributed by atoms with Crippen LogP contribution in [0.2, 0.25) is 0 Å². The second-order valence-corrected chi connectivity index (χ2v) is 4.58. The highest BCUT2D eigenvalue weighted by molar-refractivity contribution is 6.07. The van der Waals surface area contributed by atoms with Crippen molar-refractivity contribution in [2.45, 2.75) is 19.9 Å². The van der Waals surface area contributed by atoms with E-state index in [1.165, 1.54) is 7.11 Å². The Morgan fingerprint density at radius 2 is 2.19 bits per heavy atom. The summed E-state index contributed by atoms with van der Waals surface area (Å²) in [6.07, 6.45) is 0. The van der Waals surface area contributed by atoms with Crippen LogP contribution in [0.4, 0.5) is 0 Å². The monoisotopic (exact) mass is 293 g/mol. The lowest BCUT2D eigenvalue weighted by Gasteiger charge is -2.14. The molecule has 0 spiro atoms. The average Bonchev–Trinajstić information content (AvgIpc) is 2.78. The number of amides is 1. The smallest absolute Gasteiger partial charge is 0.328 e. The number of nitrogens with one attached hydrogen (secondary N) is 1. The van der Waals surface area contributed by atoms with Crippen molar-refractivity contribution in [1.82, 2.24) is 15.5 Å². The van der Waals surface area contributed by atoms with Crippen LogP contribution in [0.25, 0.3) is 11.1 Å². The summed E-state index contributed by atoms with van der Waals surface area (Å²) in [5.74, 6) is -1.71. The van der Waals surface area contributed by atoms with Gasteiger partial charge >= 0.3 is 5.97 Å². The molecule has 112 valence electrons. The zero-order valence-corrected chi connectivity index (χ0v) is 11.8. The van der Waals surface area contributed by atoms with Crippen LogP contribution in [-0.4, -0.2) is 46.9 Å². The molecule has 2 aromatic heterocycles. The number of aliphatic carboxylic acids is 1. The summed E-state index contributed by atoms with van der Waals surface area (Å²) in [4.78, 5) is 27.5. The minimum absolute atomic E-state index is 0.128. The van der Waals surface area contributed by atoms with E-state index < -0.39 is 17.9 Å². The summed E-state index contributed by atoms with van der Waals surface area (Å²) in [7, 11) is 1.36. The fourth-order valence-corrected chi connectivity index (χ4v) is 1.97. The molecule has 2 rings (SSSR count). The number of hydrogen-bond acceptors (Lipinski definition) is 6. The van der Waals surface area contributed by atoms with Crippen LogP contribution < -0.4 is 5.32 Å². The third-order valence-corrected chi connectivity index (χ3v) is 2.93. The van der Waals surface area contributed by atoms with Gasteiger partial charge in [-0.3, -0.25) is 4.79 Å². The summed E-state index contributed by atoms with van der Waals surface area (Å²) in [5, 5.41) is 15.7. The number of aryl methyl sites for hydroxylation is 2. The van der Waals surface area contributed by atoms with Crippen LogP contribution in [-0.2, 0) is 9.53 Å². The predicted molar refractivity (Wildman–Crippen MR) is 72.0 cm³/mol. The molecule has 1 amide bonds. The molecule has 21 heavy (non-hydrogen) atoms. The Labute approximate surface area is 120 Å². The Morgan fingerprint density at radius 1 is 1.48 bits per heavy atom. The Kier molecular flexibility index (Phi) is 4.18. The fourth-order valence-electron chi connectivity index (χ4n) is 1.97. The van der Waals surface area contributed by atoms with Gasteiger partial charge in [0, 0.05) is 12.8 Å². The first-order valence-electron chi connectivity index (χ1n) is 6.20. The summed E-state index contributed by atoms with van der Waals surface area (Å²) >= 11 is 0. The summed E-state index contributed by atoms with van der Waals surface area (Å²) in [6, 6.07) is 0.430. The Hall–Kier alpha value is -2.48. The van der Waals surface area contributed by atoms with Gasteiger partial charge in [-0.25, -0.2) is 9.78 Å². The zero-order chi connectivity index (χ0) is 15.6. The maximum atomic E-state index is 12.3. The molecule has 1 atom stereocenters. The molecule has 8 heteroatoms. The van der Waals surface area contributed by atoms with Crippen LogP contribution in [0, 0.1) is 13.8 Å². The van der Waals surface area contributed by atoms with Crippen LogP contribution in [0.1, 0.15) is 21.7 Å². The molecule has 2 heterocycles. The van der Waals surface area contributed by atoms with Crippen LogP contribution >= 0.6 is 0 Å². The van der Waals surface area contributed by atoms with Gasteiger partial charge in [-0.1, -0.05) is 5.16 Å². The first kappa shape index (κ1) is 14.9. The van der Waals surface area contributed by atoms with Crippen molar-refractivity contribution in [2.75, 3.05) is 13.7 Å². The van der Waals surface area contributed by atoms with Gasteiger partial charge < -0.3 is 19.7 Å². The van der Waals surface area contributed by atoms with Gasteiger partial charge in [0.25, 0.3) is 11.6 Å². The number of carboxylic acid groups (broad SMARTS) is 1. The molecule has 0 radical (unpaired) electrons. The summed E-state index contributed by atoms with van der Waals surface area (Å²) in [5.41, 5.74) is 1.61. The van der Waals surface area contributed by atoms with Gasteiger partial charge in [-0.05, 0) is 19.9 Å². The third kappa shape index (κ3) is 3.00. The maximum Gasteiger partial charge on any atom is 0.328 e. The van der Waals surface area contributed by atoms with Crippen molar-refractivity contribution < 1.29 is 24.0 Å². The second-order valence-electron chi connectivity index (χ2n) is 4.58. The van der Waals surface area contributed by atoms with Gasteiger partial charge in [0.05, 0.1) is 23.3 Å². The number of hydrogen-bond donors (Lipinski definition) is 2. The van der Waals surface area contributed by atoms with E-state index in [1.54, 1.807) is 19.9 Å². The van der Waals surface area contributed by atoms with Gasteiger partial charge in [0.15, 0.2) is 6.04 Å². The van der Waals surface area contributed by atoms with Crippen LogP contribution in [0.5, 0.6) is 0 Å². The van der Waals surface area contributed by atoms with Gasteiger partial charge in [-0.15, -0.1) is 0 Å². The van der Waals surface area contributed by atoms with Crippen molar-refractivity contribution in [1.29, 1.82) is 0 Å². The molecule has 0 bridgehead atoms. The Morgan fingerprint density at radius 3 is 2.81 bits per heavy atom. The first-order valence-corrected chi connectivity index (χ1v) is 6.20. The van der Waals surface area contributed by atoms with Crippen molar-refractivity contribution in [3.8, 4) is 0 Å². The summed E-state index contributed by atoms with van der Waals surface area (Å²) in [6.45, 7) is 3.26. The first-order chi connectivity index (χ1) is 9.93. The second kappa shape index (κ2) is 5.88. The molecule has 0 aliphatic carbocycles. The number of nitrogens with zero attached hydrogens (tertiary/aromatic N) is 2. The molecular formula is C13H15N3O5. The molecule has 0 fully saturated rings. The highest BCUT2D eigenvalue weighted by Gasteiger charge is 2.23. The van der Waals surface area contributed by atoms with Crippen LogP contribution in [0.3, 0.4) is 0 Å². The van der Waals surface area contributed by atoms with Crippen molar-refractivity contribution in [2.24, 2.45) is 0 Å². The number of ether oxygens (including phenoxy) is 1. The van der Waals surface area contributed by atoms with Gasteiger partial charge in [0.2, 0.25) is 0 Å². The number of carbonyl (C=O) groups excluding carboxylic acids is 1. The SMILES string of the molecule is COCC(NC(=O)c1cc(C)nc2onc(C)c12)C(=O)O. The van der Waals surface area contributed by atoms with Gasteiger partial charge in [0.1, 0.15) is 0 Å². The van der Waals surface area contributed by atoms with Crippen molar-refractivity contribution >= 4 is 23.0 Å². The lowest BCUT2D eigenvalue weighted by molar-refractivity contribution is -0.140. The third-order valence-electron chi connectivity index (χ3n) is 2.93. The lowest BCUT2D eigenvalue weighted by Crippen LogP contribution is -2.43. The molecule has 2 N–H and O–H groups in total. The number of methoxy groups -OCH3 is 1. The molecule has 0 aliphatic heterocycles. The molecule has 0 aromatic carbocycles. The van der Waals surface area contributed by atoms with E-state index in [0.717, 1.165) is 0 Å². The topological polar surface area (TPSA) is 115 Å². The number of carbonyl (C=O) groups is 2. The standard InChI is InChI=1S/C13H15N3O5/c1-6-4-8(10-7(2)16-21-12(10)14-6)11(17)15-9(5-20-3)13(18)19/h4,9H,5H2,1-3H3,(H,15,17)(H,18,19). The number of fused-ring (bicyclic) bond motifs is 1. The molecule has 0 saturated carbocycles.